The van der Waals surface area contributed by atoms with E-state index in [1.54, 1.807) is 0 Å². The SMILES string of the molecule is CCOC(C)(C)CCOC(C)(C)CC(C)(C)CC(C)(C)n1cnc(CNO)c1. The van der Waals surface area contributed by atoms with Gasteiger partial charge in [0.15, 0.2) is 0 Å². The van der Waals surface area contributed by atoms with Crippen molar-refractivity contribution in [1.29, 1.82) is 0 Å². The summed E-state index contributed by atoms with van der Waals surface area (Å²) < 4.78 is 14.2. The lowest BCUT2D eigenvalue weighted by Gasteiger charge is -2.40. The third-order valence-electron chi connectivity index (χ3n) is 5.14. The second-order valence-corrected chi connectivity index (χ2v) is 10.5. The van der Waals surface area contributed by atoms with Gasteiger partial charge in [-0.15, -0.1) is 0 Å². The molecule has 0 amide bonds. The van der Waals surface area contributed by atoms with E-state index in [1.807, 2.05) is 19.4 Å². The number of hydrogen-bond acceptors (Lipinski definition) is 5. The molecule has 0 aliphatic rings. The lowest BCUT2D eigenvalue weighted by molar-refractivity contribution is -0.0843. The summed E-state index contributed by atoms with van der Waals surface area (Å²) in [5.74, 6) is 0. The van der Waals surface area contributed by atoms with Crippen LogP contribution < -0.4 is 5.48 Å². The molecule has 0 spiro atoms. The Hall–Kier alpha value is -0.950. The molecular weight excluding hydrogens is 354 g/mol. The Morgan fingerprint density at radius 1 is 1.00 bits per heavy atom. The Morgan fingerprint density at radius 2 is 1.64 bits per heavy atom. The van der Waals surface area contributed by atoms with Crippen LogP contribution in [0.15, 0.2) is 12.5 Å². The third-order valence-corrected chi connectivity index (χ3v) is 5.14. The highest BCUT2D eigenvalue weighted by Gasteiger charge is 2.35. The van der Waals surface area contributed by atoms with Gasteiger partial charge in [-0.05, 0) is 73.1 Å². The van der Waals surface area contributed by atoms with Gasteiger partial charge >= 0.3 is 0 Å². The number of aromatic nitrogens is 2. The number of hydrogen-bond donors (Lipinski definition) is 2. The lowest BCUT2D eigenvalue weighted by Crippen LogP contribution is -2.38. The van der Waals surface area contributed by atoms with Crippen LogP contribution in [0.25, 0.3) is 0 Å². The van der Waals surface area contributed by atoms with Crippen LogP contribution in [0, 0.1) is 5.41 Å². The monoisotopic (exact) mass is 397 g/mol. The normalized spacial score (nSPS) is 13.9. The molecule has 1 aromatic heterocycles. The largest absolute Gasteiger partial charge is 0.376 e. The van der Waals surface area contributed by atoms with Gasteiger partial charge in [-0.25, -0.2) is 4.98 Å². The fourth-order valence-corrected chi connectivity index (χ4v) is 4.43. The van der Waals surface area contributed by atoms with Crippen molar-refractivity contribution in [3.63, 3.8) is 0 Å². The summed E-state index contributed by atoms with van der Waals surface area (Å²) in [6.07, 6.45) is 6.67. The highest BCUT2D eigenvalue weighted by molar-refractivity contribution is 5.00. The van der Waals surface area contributed by atoms with Crippen molar-refractivity contribution >= 4 is 0 Å². The standard InChI is InChI=1S/C22H43N3O3/c1-10-27-21(6,7)11-12-28-22(8,9)16-19(2,3)15-20(4,5)25-14-18(13-24-26)23-17-25/h14,17,24,26H,10-13,15-16H2,1-9H3. The second kappa shape index (κ2) is 9.70. The minimum absolute atomic E-state index is 0.0854. The summed E-state index contributed by atoms with van der Waals surface area (Å²) in [5.41, 5.74) is 2.64. The fourth-order valence-electron chi connectivity index (χ4n) is 4.43. The van der Waals surface area contributed by atoms with Gasteiger partial charge < -0.3 is 19.2 Å². The Bertz CT molecular complexity index is 592. The van der Waals surface area contributed by atoms with E-state index in [2.05, 4.69) is 70.4 Å². The number of nitrogens with zero attached hydrogens (tertiary/aromatic N) is 2. The molecule has 0 aliphatic heterocycles. The minimum atomic E-state index is -0.206. The fraction of sp³-hybridized carbons (Fsp3) is 0.864. The molecule has 0 fully saturated rings. The first-order chi connectivity index (χ1) is 12.7. The van der Waals surface area contributed by atoms with E-state index in [-0.39, 0.29) is 22.2 Å². The molecule has 0 radical (unpaired) electrons. The van der Waals surface area contributed by atoms with Crippen LogP contribution in [0.3, 0.4) is 0 Å². The van der Waals surface area contributed by atoms with Crippen LogP contribution in [0.5, 0.6) is 0 Å². The topological polar surface area (TPSA) is 68.5 Å². The quantitative estimate of drug-likeness (QED) is 0.463. The Kier molecular flexibility index (Phi) is 8.69. The van der Waals surface area contributed by atoms with Crippen LogP contribution >= 0.6 is 0 Å². The number of ether oxygens (including phenoxy) is 2. The molecule has 1 heterocycles. The highest BCUT2D eigenvalue weighted by atomic mass is 16.5. The molecule has 0 saturated heterocycles. The van der Waals surface area contributed by atoms with Gasteiger partial charge in [0, 0.05) is 18.3 Å². The number of hydroxylamine groups is 1. The molecule has 0 aromatic carbocycles. The predicted molar refractivity (Wildman–Crippen MR) is 114 cm³/mol. The maximum absolute atomic E-state index is 8.88. The van der Waals surface area contributed by atoms with Gasteiger partial charge in [-0.1, -0.05) is 13.8 Å². The van der Waals surface area contributed by atoms with E-state index in [0.717, 1.165) is 31.6 Å². The molecule has 6 heteroatoms. The van der Waals surface area contributed by atoms with Crippen molar-refractivity contribution in [2.75, 3.05) is 13.2 Å². The molecular formula is C22H43N3O3. The van der Waals surface area contributed by atoms with Gasteiger partial charge in [0.05, 0.1) is 36.4 Å². The molecule has 0 saturated carbocycles. The molecule has 0 aliphatic carbocycles. The van der Waals surface area contributed by atoms with E-state index < -0.39 is 0 Å². The summed E-state index contributed by atoms with van der Waals surface area (Å²) in [4.78, 5) is 4.36. The minimum Gasteiger partial charge on any atom is -0.376 e. The first kappa shape index (κ1) is 25.1. The summed E-state index contributed by atoms with van der Waals surface area (Å²) in [6.45, 7) is 21.4. The van der Waals surface area contributed by atoms with Crippen molar-refractivity contribution in [3.05, 3.63) is 18.2 Å². The highest BCUT2D eigenvalue weighted by Crippen LogP contribution is 2.39. The van der Waals surface area contributed by atoms with Gasteiger partial charge in [0.1, 0.15) is 0 Å². The molecule has 164 valence electrons. The van der Waals surface area contributed by atoms with Crippen LogP contribution in [0.4, 0.5) is 0 Å². The van der Waals surface area contributed by atoms with Crippen molar-refractivity contribution in [3.8, 4) is 0 Å². The molecule has 0 bridgehead atoms. The van der Waals surface area contributed by atoms with Crippen molar-refractivity contribution in [1.82, 2.24) is 15.0 Å². The molecule has 0 atom stereocenters. The van der Waals surface area contributed by atoms with E-state index in [0.29, 0.717) is 13.2 Å². The predicted octanol–water partition coefficient (Wildman–Crippen LogP) is 4.90. The summed E-state index contributed by atoms with van der Waals surface area (Å²) in [5, 5.41) is 8.88. The zero-order chi connectivity index (χ0) is 21.6. The first-order valence-corrected chi connectivity index (χ1v) is 10.4. The van der Waals surface area contributed by atoms with E-state index in [1.165, 1.54) is 0 Å². The summed E-state index contributed by atoms with van der Waals surface area (Å²) >= 11 is 0. The van der Waals surface area contributed by atoms with Crippen LogP contribution in [-0.2, 0) is 21.6 Å². The Labute approximate surface area is 172 Å². The lowest BCUT2D eigenvalue weighted by atomic mass is 9.73. The number of imidazole rings is 1. The van der Waals surface area contributed by atoms with Crippen molar-refractivity contribution < 1.29 is 14.7 Å². The van der Waals surface area contributed by atoms with Gasteiger partial charge in [-0.3, -0.25) is 0 Å². The zero-order valence-electron chi connectivity index (χ0n) is 19.6. The molecule has 28 heavy (non-hydrogen) atoms. The van der Waals surface area contributed by atoms with Crippen molar-refractivity contribution in [2.24, 2.45) is 5.41 Å². The van der Waals surface area contributed by atoms with E-state index in [4.69, 9.17) is 14.7 Å². The summed E-state index contributed by atoms with van der Waals surface area (Å²) in [7, 11) is 0. The van der Waals surface area contributed by atoms with Gasteiger partial charge in [0.2, 0.25) is 0 Å². The number of rotatable bonds is 13. The molecule has 0 unspecified atom stereocenters. The van der Waals surface area contributed by atoms with Crippen LogP contribution in [0.1, 0.15) is 87.3 Å². The molecule has 1 aromatic rings. The molecule has 6 nitrogen and oxygen atoms in total. The van der Waals surface area contributed by atoms with Crippen LogP contribution in [0.2, 0.25) is 0 Å². The van der Waals surface area contributed by atoms with E-state index >= 15 is 0 Å². The average molecular weight is 398 g/mol. The smallest absolute Gasteiger partial charge is 0.0955 e. The number of nitrogens with one attached hydrogen (secondary N) is 1. The maximum atomic E-state index is 8.88. The van der Waals surface area contributed by atoms with E-state index in [9.17, 15) is 0 Å². The van der Waals surface area contributed by atoms with Gasteiger partial charge in [-0.2, -0.15) is 5.48 Å². The van der Waals surface area contributed by atoms with Gasteiger partial charge in [0.25, 0.3) is 0 Å². The molecule has 2 N–H and O–H groups in total. The first-order valence-electron chi connectivity index (χ1n) is 10.4. The maximum Gasteiger partial charge on any atom is 0.0955 e. The summed E-state index contributed by atoms with van der Waals surface area (Å²) in [6, 6.07) is 0. The Morgan fingerprint density at radius 3 is 2.21 bits per heavy atom. The Balaban J connectivity index is 2.66. The average Bonchev–Trinajstić information content (AvgIpc) is 2.94. The van der Waals surface area contributed by atoms with Crippen molar-refractivity contribution in [2.45, 2.75) is 105 Å². The molecule has 1 rings (SSSR count). The zero-order valence-corrected chi connectivity index (χ0v) is 19.6. The van der Waals surface area contributed by atoms with Crippen LogP contribution in [-0.4, -0.2) is 39.2 Å². The third kappa shape index (κ3) is 8.60. The second-order valence-electron chi connectivity index (χ2n) is 10.5.